The number of nitrogens with zero attached hydrogens (tertiary/aromatic N) is 2. The minimum atomic E-state index is 0.336. The molecule has 0 bridgehead atoms. The average Bonchev–Trinajstić information content (AvgIpc) is 2.65. The highest BCUT2D eigenvalue weighted by Gasteiger charge is 2.21. The summed E-state index contributed by atoms with van der Waals surface area (Å²) < 4.78 is 11.0. The second kappa shape index (κ2) is 11.7. The zero-order valence-corrected chi connectivity index (χ0v) is 17.2. The van der Waals surface area contributed by atoms with Crippen molar-refractivity contribution >= 4 is 29.2 Å². The van der Waals surface area contributed by atoms with Gasteiger partial charge in [0.05, 0.1) is 6.10 Å². The van der Waals surface area contributed by atoms with Gasteiger partial charge in [-0.3, -0.25) is 4.99 Å². The number of nitrogens with one attached hydrogen (secondary N) is 1. The quantitative estimate of drug-likeness (QED) is 0.410. The first-order valence-corrected chi connectivity index (χ1v) is 9.90. The fourth-order valence-corrected chi connectivity index (χ4v) is 3.68. The number of halogens is 2. The highest BCUT2D eigenvalue weighted by Crippen LogP contribution is 2.24. The fraction of sp³-hybridized carbons (Fsp3) is 0.632. The number of piperidine rings is 1. The van der Waals surface area contributed by atoms with Gasteiger partial charge in [0.25, 0.3) is 0 Å². The second-order valence-corrected chi connectivity index (χ2v) is 7.14. The van der Waals surface area contributed by atoms with Gasteiger partial charge >= 0.3 is 0 Å². The lowest BCUT2D eigenvalue weighted by Crippen LogP contribution is -2.47. The molecule has 2 rings (SSSR count). The van der Waals surface area contributed by atoms with Gasteiger partial charge in [0, 0.05) is 57.1 Å². The van der Waals surface area contributed by atoms with Gasteiger partial charge in [0.2, 0.25) is 0 Å². The number of benzene rings is 1. The first kappa shape index (κ1) is 21.3. The number of hydrogen-bond donors (Lipinski definition) is 1. The number of aliphatic imine (C=N–C) groups is 1. The first-order chi connectivity index (χ1) is 12.7. The number of rotatable bonds is 8. The van der Waals surface area contributed by atoms with Crippen LogP contribution in [0.15, 0.2) is 23.2 Å². The fourth-order valence-electron chi connectivity index (χ4n) is 3.09. The van der Waals surface area contributed by atoms with E-state index in [1.165, 1.54) is 0 Å². The zero-order chi connectivity index (χ0) is 18.8. The lowest BCUT2D eigenvalue weighted by Gasteiger charge is -2.34. The number of methoxy groups -OCH3 is 1. The van der Waals surface area contributed by atoms with Crippen molar-refractivity contribution in [2.75, 3.05) is 47.0 Å². The highest BCUT2D eigenvalue weighted by molar-refractivity contribution is 6.35. The Morgan fingerprint density at radius 2 is 1.92 bits per heavy atom. The molecule has 0 radical (unpaired) electrons. The van der Waals surface area contributed by atoms with Crippen LogP contribution < -0.4 is 5.32 Å². The third-order valence-corrected chi connectivity index (χ3v) is 5.23. The van der Waals surface area contributed by atoms with Crippen LogP contribution in [0.25, 0.3) is 0 Å². The van der Waals surface area contributed by atoms with Gasteiger partial charge in [-0.05, 0) is 43.4 Å². The Labute approximate surface area is 166 Å². The molecule has 0 spiro atoms. The lowest BCUT2D eigenvalue weighted by molar-refractivity contribution is 0.00992. The summed E-state index contributed by atoms with van der Waals surface area (Å²) in [5.41, 5.74) is 0.974. The van der Waals surface area contributed by atoms with Gasteiger partial charge in [0.1, 0.15) is 0 Å². The summed E-state index contributed by atoms with van der Waals surface area (Å²) >= 11 is 12.5. The van der Waals surface area contributed by atoms with Gasteiger partial charge in [-0.25, -0.2) is 0 Å². The van der Waals surface area contributed by atoms with E-state index in [0.29, 0.717) is 16.1 Å². The number of ether oxygens (including phenoxy) is 2. The Morgan fingerprint density at radius 3 is 2.54 bits per heavy atom. The smallest absolute Gasteiger partial charge is 0.193 e. The second-order valence-electron chi connectivity index (χ2n) is 6.33. The molecule has 0 atom stereocenters. The molecule has 0 amide bonds. The van der Waals surface area contributed by atoms with Crippen molar-refractivity contribution in [2.24, 2.45) is 4.99 Å². The van der Waals surface area contributed by atoms with Crippen molar-refractivity contribution in [3.05, 3.63) is 33.8 Å². The van der Waals surface area contributed by atoms with Crippen LogP contribution in [0.2, 0.25) is 10.0 Å². The summed E-state index contributed by atoms with van der Waals surface area (Å²) in [5.74, 6) is 0.922. The molecule has 1 aromatic carbocycles. The molecule has 1 heterocycles. The molecule has 1 aromatic rings. The molecular formula is C19H29Cl2N3O2. The van der Waals surface area contributed by atoms with Crippen molar-refractivity contribution in [1.29, 1.82) is 0 Å². The highest BCUT2D eigenvalue weighted by atomic mass is 35.5. The maximum atomic E-state index is 6.23. The van der Waals surface area contributed by atoms with Crippen LogP contribution in [-0.2, 0) is 15.9 Å². The summed E-state index contributed by atoms with van der Waals surface area (Å²) in [6, 6.07) is 5.60. The SMILES string of the molecule is CN=C(NCCc1c(Cl)cccc1Cl)N1CCC(OCCCOC)CC1. The zero-order valence-electron chi connectivity index (χ0n) is 15.6. The molecule has 26 heavy (non-hydrogen) atoms. The Bertz CT molecular complexity index is 556. The predicted molar refractivity (Wildman–Crippen MR) is 109 cm³/mol. The molecule has 1 aliphatic rings. The normalized spacial score (nSPS) is 16.2. The summed E-state index contributed by atoms with van der Waals surface area (Å²) in [5, 5.41) is 4.84. The molecule has 1 aliphatic heterocycles. The molecule has 1 fully saturated rings. The molecular weight excluding hydrogens is 373 g/mol. The van der Waals surface area contributed by atoms with Crippen LogP contribution in [-0.4, -0.2) is 64.0 Å². The Balaban J connectivity index is 1.73. The molecule has 0 aliphatic carbocycles. The van der Waals surface area contributed by atoms with E-state index in [2.05, 4.69) is 15.2 Å². The number of hydrogen-bond acceptors (Lipinski definition) is 3. The van der Waals surface area contributed by atoms with Gasteiger partial charge < -0.3 is 19.7 Å². The van der Waals surface area contributed by atoms with Crippen molar-refractivity contribution in [3.8, 4) is 0 Å². The van der Waals surface area contributed by atoms with E-state index < -0.39 is 0 Å². The van der Waals surface area contributed by atoms with E-state index in [-0.39, 0.29) is 0 Å². The minimum Gasteiger partial charge on any atom is -0.385 e. The van der Waals surface area contributed by atoms with E-state index in [1.807, 2.05) is 25.2 Å². The molecule has 1 N–H and O–H groups in total. The third kappa shape index (κ3) is 6.62. The van der Waals surface area contributed by atoms with Gasteiger partial charge in [-0.15, -0.1) is 0 Å². The third-order valence-electron chi connectivity index (χ3n) is 4.52. The van der Waals surface area contributed by atoms with E-state index >= 15 is 0 Å². The summed E-state index contributed by atoms with van der Waals surface area (Å²) in [7, 11) is 3.54. The van der Waals surface area contributed by atoms with Gasteiger partial charge in [-0.2, -0.15) is 0 Å². The standard InChI is InChI=1S/C19H29Cl2N3O2/c1-22-19(23-10-7-16-17(20)5-3-6-18(16)21)24-11-8-15(9-12-24)26-14-4-13-25-2/h3,5-6,15H,4,7-14H2,1-2H3,(H,22,23). The summed E-state index contributed by atoms with van der Waals surface area (Å²) in [6.07, 6.45) is 4.08. The van der Waals surface area contributed by atoms with E-state index in [4.69, 9.17) is 32.7 Å². The van der Waals surface area contributed by atoms with E-state index in [0.717, 1.165) is 70.1 Å². The van der Waals surface area contributed by atoms with Crippen LogP contribution in [0.3, 0.4) is 0 Å². The largest absolute Gasteiger partial charge is 0.385 e. The summed E-state index contributed by atoms with van der Waals surface area (Å²) in [6.45, 7) is 4.15. The van der Waals surface area contributed by atoms with E-state index in [1.54, 1.807) is 7.11 Å². The molecule has 0 unspecified atom stereocenters. The van der Waals surface area contributed by atoms with Crippen LogP contribution in [0.1, 0.15) is 24.8 Å². The molecule has 0 saturated carbocycles. The predicted octanol–water partition coefficient (Wildman–Crippen LogP) is 3.63. The number of guanidine groups is 1. The molecule has 5 nitrogen and oxygen atoms in total. The van der Waals surface area contributed by atoms with Crippen molar-refractivity contribution in [3.63, 3.8) is 0 Å². The Morgan fingerprint density at radius 1 is 1.23 bits per heavy atom. The average molecular weight is 402 g/mol. The first-order valence-electron chi connectivity index (χ1n) is 9.14. The lowest BCUT2D eigenvalue weighted by atomic mass is 10.1. The van der Waals surface area contributed by atoms with Crippen LogP contribution >= 0.6 is 23.2 Å². The maximum Gasteiger partial charge on any atom is 0.193 e. The molecule has 7 heteroatoms. The minimum absolute atomic E-state index is 0.336. The van der Waals surface area contributed by atoms with Crippen molar-refractivity contribution in [2.45, 2.75) is 31.8 Å². The maximum absolute atomic E-state index is 6.23. The van der Waals surface area contributed by atoms with Crippen molar-refractivity contribution < 1.29 is 9.47 Å². The molecule has 1 saturated heterocycles. The Hall–Kier alpha value is -1.01. The van der Waals surface area contributed by atoms with Crippen LogP contribution in [0.4, 0.5) is 0 Å². The summed E-state index contributed by atoms with van der Waals surface area (Å²) in [4.78, 5) is 6.69. The molecule has 0 aromatic heterocycles. The van der Waals surface area contributed by atoms with Crippen LogP contribution in [0, 0.1) is 0 Å². The van der Waals surface area contributed by atoms with Crippen LogP contribution in [0.5, 0.6) is 0 Å². The number of likely N-dealkylation sites (tertiary alicyclic amines) is 1. The van der Waals surface area contributed by atoms with Crippen molar-refractivity contribution in [1.82, 2.24) is 10.2 Å². The molecule has 146 valence electrons. The topological polar surface area (TPSA) is 46.1 Å². The van der Waals surface area contributed by atoms with Gasteiger partial charge in [-0.1, -0.05) is 29.3 Å². The Kier molecular flexibility index (Phi) is 9.54. The van der Waals surface area contributed by atoms with E-state index in [9.17, 15) is 0 Å². The monoisotopic (exact) mass is 401 g/mol. The van der Waals surface area contributed by atoms with Gasteiger partial charge in [0.15, 0.2) is 5.96 Å².